The summed E-state index contributed by atoms with van der Waals surface area (Å²) in [5.41, 5.74) is 0. The van der Waals surface area contributed by atoms with Crippen molar-refractivity contribution in [1.29, 1.82) is 0 Å². The van der Waals surface area contributed by atoms with Gasteiger partial charge in [-0.3, -0.25) is 9.35 Å². The van der Waals surface area contributed by atoms with Gasteiger partial charge in [-0.25, -0.2) is 4.18 Å². The van der Waals surface area contributed by atoms with Crippen molar-refractivity contribution >= 4 is 16.4 Å². The standard InChI is InChI=1S/C6H12O7S/c1-11-4-5-12-6(7)2-3-13-14(8,9)10/h2-5H2,1H3,(H,8,9,10). The van der Waals surface area contributed by atoms with Crippen LogP contribution in [0.1, 0.15) is 6.42 Å². The third kappa shape index (κ3) is 9.39. The summed E-state index contributed by atoms with van der Waals surface area (Å²) in [5.74, 6) is -0.620. The maximum atomic E-state index is 10.8. The topological polar surface area (TPSA) is 99.1 Å². The van der Waals surface area contributed by atoms with Crippen molar-refractivity contribution in [2.75, 3.05) is 26.9 Å². The molecule has 0 rings (SSSR count). The highest BCUT2D eigenvalue weighted by molar-refractivity contribution is 7.80. The zero-order valence-electron chi connectivity index (χ0n) is 7.63. The number of carbonyl (C=O) groups is 1. The Morgan fingerprint density at radius 3 is 2.43 bits per heavy atom. The fourth-order valence-corrected chi connectivity index (χ4v) is 0.835. The van der Waals surface area contributed by atoms with Crippen molar-refractivity contribution in [1.82, 2.24) is 0 Å². The van der Waals surface area contributed by atoms with Crippen molar-refractivity contribution in [2.24, 2.45) is 0 Å². The molecule has 0 aliphatic carbocycles. The summed E-state index contributed by atoms with van der Waals surface area (Å²) in [6, 6.07) is 0. The molecule has 0 heterocycles. The SMILES string of the molecule is COCCOC(=O)CCOS(=O)(=O)O. The molecule has 0 aromatic carbocycles. The molecule has 7 nitrogen and oxygen atoms in total. The Hall–Kier alpha value is -0.700. The molecule has 0 unspecified atom stereocenters. The summed E-state index contributed by atoms with van der Waals surface area (Å²) in [6.45, 7) is -0.0727. The van der Waals surface area contributed by atoms with Crippen molar-refractivity contribution in [2.45, 2.75) is 6.42 Å². The molecule has 0 saturated heterocycles. The molecule has 0 fully saturated rings. The molecule has 0 spiro atoms. The number of hydrogen-bond donors (Lipinski definition) is 1. The van der Waals surface area contributed by atoms with Crippen LogP contribution in [0.3, 0.4) is 0 Å². The number of rotatable bonds is 7. The molecule has 1 N–H and O–H groups in total. The van der Waals surface area contributed by atoms with Gasteiger partial charge in [-0.1, -0.05) is 0 Å². The quantitative estimate of drug-likeness (QED) is 0.352. The average Bonchev–Trinajstić information content (AvgIpc) is 2.02. The summed E-state index contributed by atoms with van der Waals surface area (Å²) >= 11 is 0. The van der Waals surface area contributed by atoms with Gasteiger partial charge in [0.15, 0.2) is 0 Å². The first-order valence-corrected chi connectivity index (χ1v) is 5.08. The van der Waals surface area contributed by atoms with Gasteiger partial charge in [0.2, 0.25) is 0 Å². The smallest absolute Gasteiger partial charge is 0.397 e. The van der Waals surface area contributed by atoms with Gasteiger partial charge in [-0.2, -0.15) is 8.42 Å². The monoisotopic (exact) mass is 228 g/mol. The van der Waals surface area contributed by atoms with Crippen LogP contribution in [0.4, 0.5) is 0 Å². The van der Waals surface area contributed by atoms with E-state index in [1.807, 2.05) is 0 Å². The molecule has 84 valence electrons. The van der Waals surface area contributed by atoms with E-state index in [4.69, 9.17) is 4.55 Å². The fraction of sp³-hybridized carbons (Fsp3) is 0.833. The van der Waals surface area contributed by atoms with Gasteiger partial charge in [-0.15, -0.1) is 0 Å². The van der Waals surface area contributed by atoms with Gasteiger partial charge in [0.05, 0.1) is 19.6 Å². The molecule has 8 heteroatoms. The second-order valence-electron chi connectivity index (χ2n) is 2.21. The summed E-state index contributed by atoms with van der Waals surface area (Å²) in [4.78, 5) is 10.8. The largest absolute Gasteiger partial charge is 0.463 e. The zero-order valence-corrected chi connectivity index (χ0v) is 8.45. The number of hydrogen-bond acceptors (Lipinski definition) is 6. The summed E-state index contributed by atoms with van der Waals surface area (Å²) in [7, 11) is -3.02. The Morgan fingerprint density at radius 2 is 1.93 bits per heavy atom. The average molecular weight is 228 g/mol. The van der Waals surface area contributed by atoms with Crippen LogP contribution in [0, 0.1) is 0 Å². The Balaban J connectivity index is 3.45. The van der Waals surface area contributed by atoms with E-state index in [-0.39, 0.29) is 19.6 Å². The zero-order chi connectivity index (χ0) is 11.0. The van der Waals surface area contributed by atoms with E-state index in [1.165, 1.54) is 7.11 Å². The molecule has 0 aliphatic heterocycles. The van der Waals surface area contributed by atoms with E-state index in [0.29, 0.717) is 0 Å². The molecule has 0 amide bonds. The lowest BCUT2D eigenvalue weighted by molar-refractivity contribution is -0.145. The van der Waals surface area contributed by atoms with Crippen LogP contribution >= 0.6 is 0 Å². The normalized spacial score (nSPS) is 11.3. The van der Waals surface area contributed by atoms with Crippen LogP contribution in [-0.2, 0) is 28.9 Å². The molecule has 0 bridgehead atoms. The molecular weight excluding hydrogens is 216 g/mol. The number of esters is 1. The summed E-state index contributed by atoms with van der Waals surface area (Å²) < 4.78 is 41.3. The molecule has 14 heavy (non-hydrogen) atoms. The van der Waals surface area contributed by atoms with E-state index in [2.05, 4.69) is 13.7 Å². The van der Waals surface area contributed by atoms with Crippen LogP contribution in [-0.4, -0.2) is 45.9 Å². The molecule has 0 saturated carbocycles. The predicted molar refractivity (Wildman–Crippen MR) is 45.0 cm³/mol. The maximum absolute atomic E-state index is 10.8. The third-order valence-electron chi connectivity index (χ3n) is 1.09. The minimum absolute atomic E-state index is 0.0984. The highest BCUT2D eigenvalue weighted by atomic mass is 32.3. The van der Waals surface area contributed by atoms with E-state index >= 15 is 0 Å². The van der Waals surface area contributed by atoms with Gasteiger partial charge in [0, 0.05) is 7.11 Å². The molecule has 0 aromatic heterocycles. The first kappa shape index (κ1) is 13.3. The predicted octanol–water partition coefficient (Wildman–Crippen LogP) is -0.614. The summed E-state index contributed by atoms with van der Waals surface area (Å²) in [5, 5.41) is 0. The number of ether oxygens (including phenoxy) is 2. The van der Waals surface area contributed by atoms with E-state index in [1.54, 1.807) is 0 Å². The first-order valence-electron chi connectivity index (χ1n) is 3.72. The Bertz CT molecular complexity index is 257. The van der Waals surface area contributed by atoms with Crippen LogP contribution < -0.4 is 0 Å². The van der Waals surface area contributed by atoms with Gasteiger partial charge in [0.25, 0.3) is 0 Å². The highest BCUT2D eigenvalue weighted by Gasteiger charge is 2.07. The number of methoxy groups -OCH3 is 1. The van der Waals surface area contributed by atoms with Crippen LogP contribution in [0.15, 0.2) is 0 Å². The van der Waals surface area contributed by atoms with Crippen molar-refractivity contribution < 1.29 is 31.4 Å². The molecule has 0 atom stereocenters. The van der Waals surface area contributed by atoms with Crippen LogP contribution in [0.5, 0.6) is 0 Å². The lowest BCUT2D eigenvalue weighted by Gasteiger charge is -2.03. The third-order valence-corrected chi connectivity index (χ3v) is 1.55. The fourth-order valence-electron chi connectivity index (χ4n) is 0.541. The Morgan fingerprint density at radius 1 is 1.29 bits per heavy atom. The maximum Gasteiger partial charge on any atom is 0.397 e. The molecular formula is C6H12O7S. The lowest BCUT2D eigenvalue weighted by Crippen LogP contribution is -2.13. The van der Waals surface area contributed by atoms with Gasteiger partial charge < -0.3 is 9.47 Å². The second kappa shape index (κ2) is 6.71. The van der Waals surface area contributed by atoms with E-state index < -0.39 is 23.0 Å². The Labute approximate surface area is 81.9 Å². The summed E-state index contributed by atoms with van der Waals surface area (Å²) in [6.07, 6.45) is -0.247. The van der Waals surface area contributed by atoms with Gasteiger partial charge in [-0.05, 0) is 0 Å². The van der Waals surface area contributed by atoms with E-state index in [0.717, 1.165) is 0 Å². The Kier molecular flexibility index (Phi) is 6.37. The molecule has 0 aliphatic rings. The highest BCUT2D eigenvalue weighted by Crippen LogP contribution is 1.92. The minimum atomic E-state index is -4.48. The van der Waals surface area contributed by atoms with Crippen molar-refractivity contribution in [3.05, 3.63) is 0 Å². The molecule has 0 radical (unpaired) electrons. The second-order valence-corrected chi connectivity index (χ2v) is 3.30. The van der Waals surface area contributed by atoms with Crippen molar-refractivity contribution in [3.8, 4) is 0 Å². The number of carbonyl (C=O) groups excluding carboxylic acids is 1. The van der Waals surface area contributed by atoms with Gasteiger partial charge in [0.1, 0.15) is 6.61 Å². The van der Waals surface area contributed by atoms with Crippen molar-refractivity contribution in [3.63, 3.8) is 0 Å². The van der Waals surface area contributed by atoms with Gasteiger partial charge >= 0.3 is 16.4 Å². The minimum Gasteiger partial charge on any atom is -0.463 e. The van der Waals surface area contributed by atoms with Crippen LogP contribution in [0.2, 0.25) is 0 Å². The van der Waals surface area contributed by atoms with Crippen LogP contribution in [0.25, 0.3) is 0 Å². The van der Waals surface area contributed by atoms with E-state index in [9.17, 15) is 13.2 Å². The lowest BCUT2D eigenvalue weighted by atomic mass is 10.5. The first-order chi connectivity index (χ1) is 6.45. The molecule has 0 aromatic rings.